The van der Waals surface area contributed by atoms with Gasteiger partial charge in [-0.15, -0.1) is 0 Å². The molecule has 0 atom stereocenters. The van der Waals surface area contributed by atoms with Gasteiger partial charge in [0.25, 0.3) is 0 Å². The molecule has 1 saturated carbocycles. The first-order valence-corrected chi connectivity index (χ1v) is 6.33. The highest BCUT2D eigenvalue weighted by Crippen LogP contribution is 2.25. The van der Waals surface area contributed by atoms with Gasteiger partial charge in [-0.05, 0) is 37.0 Å². The van der Waals surface area contributed by atoms with Crippen molar-refractivity contribution in [1.29, 1.82) is 5.26 Å². The minimum absolute atomic E-state index is 0.640. The van der Waals surface area contributed by atoms with Crippen LogP contribution in [0.2, 0.25) is 0 Å². The fourth-order valence-electron chi connectivity index (χ4n) is 2.45. The van der Waals surface area contributed by atoms with Crippen molar-refractivity contribution in [3.8, 4) is 6.07 Å². The van der Waals surface area contributed by atoms with Gasteiger partial charge in [0.05, 0.1) is 11.3 Å². The van der Waals surface area contributed by atoms with Gasteiger partial charge in [-0.25, -0.2) is 0 Å². The average molecular weight is 229 g/mol. The predicted molar refractivity (Wildman–Crippen MR) is 70.6 cm³/mol. The lowest BCUT2D eigenvalue weighted by Gasteiger charge is -2.22. The predicted octanol–water partition coefficient (Wildman–Crippen LogP) is 3.13. The van der Waals surface area contributed by atoms with Crippen molar-refractivity contribution in [2.45, 2.75) is 32.1 Å². The quantitative estimate of drug-likeness (QED) is 0.783. The highest BCUT2D eigenvalue weighted by Gasteiger charge is 2.13. The summed E-state index contributed by atoms with van der Waals surface area (Å²) < 4.78 is 0. The third-order valence-corrected chi connectivity index (χ3v) is 3.47. The zero-order valence-corrected chi connectivity index (χ0v) is 10.1. The van der Waals surface area contributed by atoms with Crippen molar-refractivity contribution < 1.29 is 0 Å². The second kappa shape index (κ2) is 5.58. The number of benzene rings is 1. The van der Waals surface area contributed by atoms with Gasteiger partial charge >= 0.3 is 0 Å². The van der Waals surface area contributed by atoms with E-state index in [4.69, 9.17) is 11.0 Å². The number of nitrogens with zero attached hydrogens (tertiary/aromatic N) is 1. The molecular weight excluding hydrogens is 210 g/mol. The lowest BCUT2D eigenvalue weighted by molar-refractivity contribution is 0.373. The Morgan fingerprint density at radius 2 is 2.06 bits per heavy atom. The Morgan fingerprint density at radius 1 is 1.29 bits per heavy atom. The van der Waals surface area contributed by atoms with E-state index in [0.717, 1.165) is 18.2 Å². The normalized spacial score (nSPS) is 16.4. The molecule has 0 amide bonds. The van der Waals surface area contributed by atoms with Crippen LogP contribution in [-0.4, -0.2) is 6.54 Å². The Bertz CT molecular complexity index is 414. The summed E-state index contributed by atoms with van der Waals surface area (Å²) in [5.41, 5.74) is 7.86. The van der Waals surface area contributed by atoms with Gasteiger partial charge in [-0.1, -0.05) is 19.3 Å². The second-order valence-corrected chi connectivity index (χ2v) is 4.80. The summed E-state index contributed by atoms with van der Waals surface area (Å²) >= 11 is 0. The summed E-state index contributed by atoms with van der Waals surface area (Å²) in [7, 11) is 0. The fraction of sp³-hybridized carbons (Fsp3) is 0.500. The van der Waals surface area contributed by atoms with E-state index in [0.29, 0.717) is 11.3 Å². The fourth-order valence-corrected chi connectivity index (χ4v) is 2.45. The Labute approximate surface area is 103 Å². The standard InChI is InChI=1S/C14H19N3/c15-9-12-8-13(16)6-7-14(12)17-10-11-4-2-1-3-5-11/h6-8,11,17H,1-5,10,16H2. The van der Waals surface area contributed by atoms with E-state index in [9.17, 15) is 0 Å². The number of nitrogen functional groups attached to an aromatic ring is 1. The van der Waals surface area contributed by atoms with Crippen LogP contribution in [-0.2, 0) is 0 Å². The van der Waals surface area contributed by atoms with Crippen LogP contribution in [0.25, 0.3) is 0 Å². The van der Waals surface area contributed by atoms with Crippen LogP contribution in [0.5, 0.6) is 0 Å². The van der Waals surface area contributed by atoms with Crippen LogP contribution in [0.1, 0.15) is 37.7 Å². The van der Waals surface area contributed by atoms with Crippen LogP contribution in [0.15, 0.2) is 18.2 Å². The van der Waals surface area contributed by atoms with Crippen molar-refractivity contribution in [3.63, 3.8) is 0 Å². The Balaban J connectivity index is 1.96. The van der Waals surface area contributed by atoms with E-state index in [-0.39, 0.29) is 0 Å². The summed E-state index contributed by atoms with van der Waals surface area (Å²) in [5.74, 6) is 0.757. The average Bonchev–Trinajstić information content (AvgIpc) is 2.38. The first-order valence-electron chi connectivity index (χ1n) is 6.33. The van der Waals surface area contributed by atoms with Gasteiger partial charge in [0.15, 0.2) is 0 Å². The van der Waals surface area contributed by atoms with Crippen molar-refractivity contribution in [3.05, 3.63) is 23.8 Å². The smallest absolute Gasteiger partial charge is 0.101 e. The monoisotopic (exact) mass is 229 g/mol. The molecular formula is C14H19N3. The summed E-state index contributed by atoms with van der Waals surface area (Å²) in [6.07, 6.45) is 6.69. The van der Waals surface area contributed by atoms with Crippen molar-refractivity contribution in [1.82, 2.24) is 0 Å². The van der Waals surface area contributed by atoms with Crippen LogP contribution in [0.4, 0.5) is 11.4 Å². The molecule has 1 aromatic carbocycles. The highest BCUT2D eigenvalue weighted by molar-refractivity contribution is 5.62. The number of nitrogens with one attached hydrogen (secondary N) is 1. The molecule has 0 bridgehead atoms. The van der Waals surface area contributed by atoms with Crippen LogP contribution in [0, 0.1) is 17.2 Å². The SMILES string of the molecule is N#Cc1cc(N)ccc1NCC1CCCCC1. The summed E-state index contributed by atoms with van der Waals surface area (Å²) in [5, 5.41) is 12.4. The molecule has 0 saturated heterocycles. The van der Waals surface area contributed by atoms with Crippen molar-refractivity contribution in [2.75, 3.05) is 17.6 Å². The minimum atomic E-state index is 0.640. The third kappa shape index (κ3) is 3.13. The van der Waals surface area contributed by atoms with E-state index in [1.54, 1.807) is 6.07 Å². The lowest BCUT2D eigenvalue weighted by atomic mass is 9.89. The molecule has 0 radical (unpaired) electrons. The molecule has 3 heteroatoms. The van der Waals surface area contributed by atoms with Gasteiger partial charge in [0.1, 0.15) is 6.07 Å². The maximum absolute atomic E-state index is 9.03. The molecule has 1 aliphatic rings. The number of nitriles is 1. The minimum Gasteiger partial charge on any atom is -0.399 e. The number of rotatable bonds is 3. The molecule has 3 nitrogen and oxygen atoms in total. The molecule has 0 unspecified atom stereocenters. The van der Waals surface area contributed by atoms with E-state index >= 15 is 0 Å². The molecule has 17 heavy (non-hydrogen) atoms. The maximum Gasteiger partial charge on any atom is 0.101 e. The van der Waals surface area contributed by atoms with Crippen LogP contribution >= 0.6 is 0 Å². The van der Waals surface area contributed by atoms with Crippen molar-refractivity contribution >= 4 is 11.4 Å². The number of anilines is 2. The topological polar surface area (TPSA) is 61.8 Å². The summed E-state index contributed by atoms with van der Waals surface area (Å²) in [6.45, 7) is 0.971. The highest BCUT2D eigenvalue weighted by atomic mass is 14.9. The molecule has 0 heterocycles. The van der Waals surface area contributed by atoms with E-state index in [1.807, 2.05) is 12.1 Å². The van der Waals surface area contributed by atoms with Gasteiger partial charge in [0, 0.05) is 12.2 Å². The van der Waals surface area contributed by atoms with E-state index in [2.05, 4.69) is 11.4 Å². The van der Waals surface area contributed by atoms with Gasteiger partial charge in [0.2, 0.25) is 0 Å². The summed E-state index contributed by atoms with van der Waals surface area (Å²) in [6, 6.07) is 7.64. The van der Waals surface area contributed by atoms with Crippen LogP contribution in [0.3, 0.4) is 0 Å². The maximum atomic E-state index is 9.03. The van der Waals surface area contributed by atoms with E-state index in [1.165, 1.54) is 32.1 Å². The van der Waals surface area contributed by atoms with Crippen molar-refractivity contribution in [2.24, 2.45) is 5.92 Å². The molecule has 3 N–H and O–H groups in total. The molecule has 2 rings (SSSR count). The van der Waals surface area contributed by atoms with Crippen LogP contribution < -0.4 is 11.1 Å². The second-order valence-electron chi connectivity index (χ2n) is 4.80. The zero-order valence-electron chi connectivity index (χ0n) is 10.1. The number of nitrogens with two attached hydrogens (primary N) is 1. The molecule has 1 fully saturated rings. The molecule has 1 aliphatic carbocycles. The zero-order chi connectivity index (χ0) is 12.1. The molecule has 0 spiro atoms. The number of hydrogen-bond donors (Lipinski definition) is 2. The first-order chi connectivity index (χ1) is 8.29. The Kier molecular flexibility index (Phi) is 3.87. The largest absolute Gasteiger partial charge is 0.399 e. The van der Waals surface area contributed by atoms with Gasteiger partial charge < -0.3 is 11.1 Å². The molecule has 0 aromatic heterocycles. The molecule has 0 aliphatic heterocycles. The van der Waals surface area contributed by atoms with Gasteiger partial charge in [-0.3, -0.25) is 0 Å². The Hall–Kier alpha value is -1.69. The number of hydrogen-bond acceptors (Lipinski definition) is 3. The lowest BCUT2D eigenvalue weighted by Crippen LogP contribution is -2.17. The first kappa shape index (κ1) is 11.8. The third-order valence-electron chi connectivity index (χ3n) is 3.47. The summed E-state index contributed by atoms with van der Waals surface area (Å²) in [4.78, 5) is 0. The van der Waals surface area contributed by atoms with Gasteiger partial charge in [-0.2, -0.15) is 5.26 Å². The molecule has 90 valence electrons. The Morgan fingerprint density at radius 3 is 2.76 bits per heavy atom. The molecule has 1 aromatic rings. The van der Waals surface area contributed by atoms with E-state index < -0.39 is 0 Å².